The molecule has 10 heteroatoms. The van der Waals surface area contributed by atoms with Crippen molar-refractivity contribution in [1.29, 1.82) is 5.26 Å². The molecule has 0 fully saturated rings. The zero-order valence-electron chi connectivity index (χ0n) is 20.5. The van der Waals surface area contributed by atoms with E-state index in [4.69, 9.17) is 4.18 Å². The molecule has 3 aromatic carbocycles. The van der Waals surface area contributed by atoms with Gasteiger partial charge in [-0.1, -0.05) is 23.8 Å². The summed E-state index contributed by atoms with van der Waals surface area (Å²) in [4.78, 5) is 23.8. The second-order valence-electron chi connectivity index (χ2n) is 8.33. The van der Waals surface area contributed by atoms with Gasteiger partial charge in [0.2, 0.25) is 5.91 Å². The van der Waals surface area contributed by atoms with Gasteiger partial charge in [-0.3, -0.25) is 9.59 Å². The minimum absolute atomic E-state index is 0.0250. The van der Waals surface area contributed by atoms with E-state index in [-0.39, 0.29) is 22.1 Å². The van der Waals surface area contributed by atoms with E-state index >= 15 is 0 Å². The summed E-state index contributed by atoms with van der Waals surface area (Å²) >= 11 is 3.29. The Hall–Kier alpha value is -3.94. The number of carbonyl (C=O) groups is 2. The van der Waals surface area contributed by atoms with Crippen LogP contribution in [0.15, 0.2) is 69.5 Å². The Morgan fingerprint density at radius 1 is 0.973 bits per heavy atom. The van der Waals surface area contributed by atoms with Crippen molar-refractivity contribution in [2.45, 2.75) is 32.6 Å². The van der Waals surface area contributed by atoms with Gasteiger partial charge >= 0.3 is 10.1 Å². The highest BCUT2D eigenvalue weighted by Gasteiger charge is 2.19. The van der Waals surface area contributed by atoms with E-state index in [1.54, 1.807) is 0 Å². The molecule has 0 spiro atoms. The fourth-order valence-electron chi connectivity index (χ4n) is 3.62. The molecule has 0 bridgehead atoms. The highest BCUT2D eigenvalue weighted by atomic mass is 79.9. The standard InChI is InChI=1S/C27H24BrN3O5S/c1-16-11-17(2)26(18(3)12-16)31-27(33)21(15-29)13-20-5-10-25(24(28)14-20)36-37(34,35)23-8-6-22(7-9-23)30-19(4)32/h5-14H,1-4H3,(H,30,32)(H,31,33)/b21-13+. The minimum Gasteiger partial charge on any atom is -0.378 e. The molecule has 2 amide bonds. The van der Waals surface area contributed by atoms with E-state index in [9.17, 15) is 23.3 Å². The lowest BCUT2D eigenvalue weighted by atomic mass is 10.0. The van der Waals surface area contributed by atoms with Crippen molar-refractivity contribution in [2.24, 2.45) is 0 Å². The number of hydrogen-bond acceptors (Lipinski definition) is 6. The maximum atomic E-state index is 12.8. The SMILES string of the molecule is CC(=O)Nc1ccc(S(=O)(=O)Oc2ccc(/C=C(\C#N)C(=O)Nc3c(C)cc(C)cc3C)cc2Br)cc1. The lowest BCUT2D eigenvalue weighted by molar-refractivity contribution is -0.114. The molecule has 0 aliphatic rings. The molecule has 8 nitrogen and oxygen atoms in total. The molecule has 0 saturated carbocycles. The molecule has 3 rings (SSSR count). The first-order valence-electron chi connectivity index (χ1n) is 11.0. The molecule has 0 radical (unpaired) electrons. The first kappa shape index (κ1) is 27.6. The van der Waals surface area contributed by atoms with Gasteiger partial charge in [-0.05, 0) is 95.9 Å². The number of nitrogens with zero attached hydrogens (tertiary/aromatic N) is 1. The van der Waals surface area contributed by atoms with Crippen LogP contribution in [-0.4, -0.2) is 20.2 Å². The van der Waals surface area contributed by atoms with E-state index in [0.717, 1.165) is 16.7 Å². The zero-order chi connectivity index (χ0) is 27.3. The third-order valence-corrected chi connectivity index (χ3v) is 7.08. The van der Waals surface area contributed by atoms with Crippen molar-refractivity contribution in [3.8, 4) is 11.8 Å². The summed E-state index contributed by atoms with van der Waals surface area (Å²) in [6.07, 6.45) is 1.40. The van der Waals surface area contributed by atoms with Crippen LogP contribution < -0.4 is 14.8 Å². The van der Waals surface area contributed by atoms with Crippen LogP contribution in [0.1, 0.15) is 29.2 Å². The molecule has 0 atom stereocenters. The third kappa shape index (κ3) is 7.06. The van der Waals surface area contributed by atoms with E-state index in [1.165, 1.54) is 55.5 Å². The molecular weight excluding hydrogens is 558 g/mol. The molecule has 0 heterocycles. The van der Waals surface area contributed by atoms with Crippen LogP contribution in [0.25, 0.3) is 6.08 Å². The number of benzene rings is 3. The summed E-state index contributed by atoms with van der Waals surface area (Å²) in [5.41, 5.74) is 4.31. The maximum Gasteiger partial charge on any atom is 0.339 e. The number of amides is 2. The highest BCUT2D eigenvalue weighted by Crippen LogP contribution is 2.30. The van der Waals surface area contributed by atoms with Gasteiger partial charge in [0, 0.05) is 18.3 Å². The Labute approximate surface area is 224 Å². The summed E-state index contributed by atoms with van der Waals surface area (Å²) < 4.78 is 31.0. The molecule has 0 unspecified atom stereocenters. The van der Waals surface area contributed by atoms with Gasteiger partial charge in [-0.15, -0.1) is 0 Å². The quantitative estimate of drug-likeness (QED) is 0.211. The lowest BCUT2D eigenvalue weighted by Crippen LogP contribution is -2.15. The molecule has 2 N–H and O–H groups in total. The van der Waals surface area contributed by atoms with Crippen LogP contribution >= 0.6 is 15.9 Å². The van der Waals surface area contributed by atoms with Crippen molar-refractivity contribution < 1.29 is 22.2 Å². The van der Waals surface area contributed by atoms with E-state index in [1.807, 2.05) is 39.0 Å². The minimum atomic E-state index is -4.16. The molecule has 0 aromatic heterocycles. The Kier molecular flexibility index (Phi) is 8.53. The first-order chi connectivity index (χ1) is 17.4. The third-order valence-electron chi connectivity index (χ3n) is 5.21. The molecule has 37 heavy (non-hydrogen) atoms. The van der Waals surface area contributed by atoms with Gasteiger partial charge in [-0.25, -0.2) is 0 Å². The van der Waals surface area contributed by atoms with Crippen LogP contribution in [0, 0.1) is 32.1 Å². The molecule has 0 aliphatic carbocycles. The Balaban J connectivity index is 1.79. The number of anilines is 2. The van der Waals surface area contributed by atoms with Crippen LogP contribution in [0.2, 0.25) is 0 Å². The first-order valence-corrected chi connectivity index (χ1v) is 13.2. The van der Waals surface area contributed by atoms with E-state index < -0.39 is 16.0 Å². The number of nitrogens with one attached hydrogen (secondary N) is 2. The number of nitriles is 1. The Morgan fingerprint density at radius 2 is 1.59 bits per heavy atom. The predicted molar refractivity (Wildman–Crippen MR) is 146 cm³/mol. The van der Waals surface area contributed by atoms with Crippen LogP contribution in [0.4, 0.5) is 11.4 Å². The fraction of sp³-hybridized carbons (Fsp3) is 0.148. The summed E-state index contributed by atoms with van der Waals surface area (Å²) in [6, 6.07) is 15.8. The van der Waals surface area contributed by atoms with Gasteiger partial charge in [0.05, 0.1) is 4.47 Å². The average Bonchev–Trinajstić information content (AvgIpc) is 2.81. The van der Waals surface area contributed by atoms with Gasteiger partial charge < -0.3 is 14.8 Å². The second kappa shape index (κ2) is 11.4. The number of hydrogen-bond donors (Lipinski definition) is 2. The van der Waals surface area contributed by atoms with Crippen LogP contribution in [0.3, 0.4) is 0 Å². The van der Waals surface area contributed by atoms with Crippen LogP contribution in [-0.2, 0) is 19.7 Å². The van der Waals surface area contributed by atoms with Gasteiger partial charge in [0.15, 0.2) is 5.75 Å². The summed E-state index contributed by atoms with van der Waals surface area (Å²) in [5.74, 6) is -0.807. The number of halogens is 1. The maximum absolute atomic E-state index is 12.8. The monoisotopic (exact) mass is 581 g/mol. The lowest BCUT2D eigenvalue weighted by Gasteiger charge is -2.12. The fourth-order valence-corrected chi connectivity index (χ4v) is 5.15. The number of rotatable bonds is 7. The zero-order valence-corrected chi connectivity index (χ0v) is 23.0. The number of carbonyl (C=O) groups excluding carboxylic acids is 2. The Morgan fingerprint density at radius 3 is 2.14 bits per heavy atom. The van der Waals surface area contributed by atoms with Gasteiger partial charge in [-0.2, -0.15) is 13.7 Å². The van der Waals surface area contributed by atoms with E-state index in [2.05, 4.69) is 26.6 Å². The van der Waals surface area contributed by atoms with Gasteiger partial charge in [0.1, 0.15) is 16.5 Å². The molecule has 3 aromatic rings. The topological polar surface area (TPSA) is 125 Å². The summed E-state index contributed by atoms with van der Waals surface area (Å²) in [5, 5.41) is 14.9. The second-order valence-corrected chi connectivity index (χ2v) is 10.7. The normalized spacial score (nSPS) is 11.4. The van der Waals surface area contributed by atoms with Crippen LogP contribution in [0.5, 0.6) is 5.75 Å². The molecular formula is C27H24BrN3O5S. The van der Waals surface area contributed by atoms with Crippen molar-refractivity contribution in [1.82, 2.24) is 0 Å². The van der Waals surface area contributed by atoms with E-state index in [0.29, 0.717) is 21.4 Å². The largest absolute Gasteiger partial charge is 0.378 e. The smallest absolute Gasteiger partial charge is 0.339 e. The number of aryl methyl sites for hydroxylation is 3. The molecule has 190 valence electrons. The van der Waals surface area contributed by atoms with Crippen molar-refractivity contribution in [3.05, 3.63) is 86.9 Å². The average molecular weight is 582 g/mol. The predicted octanol–water partition coefficient (Wildman–Crippen LogP) is 5.65. The molecule has 0 saturated heterocycles. The summed E-state index contributed by atoms with van der Waals surface area (Å²) in [7, 11) is -4.16. The molecule has 0 aliphatic heterocycles. The van der Waals surface area contributed by atoms with Gasteiger partial charge in [0.25, 0.3) is 5.91 Å². The van der Waals surface area contributed by atoms with Crippen molar-refractivity contribution in [2.75, 3.05) is 10.6 Å². The Bertz CT molecular complexity index is 1530. The highest BCUT2D eigenvalue weighted by molar-refractivity contribution is 9.10. The summed E-state index contributed by atoms with van der Waals surface area (Å²) in [6.45, 7) is 7.08. The van der Waals surface area contributed by atoms with Crippen molar-refractivity contribution >= 4 is 55.3 Å². The van der Waals surface area contributed by atoms with Crippen molar-refractivity contribution in [3.63, 3.8) is 0 Å².